The number of thioether (sulfide) groups is 1. The maximum absolute atomic E-state index is 14.2. The Hall–Kier alpha value is -3.10. The van der Waals surface area contributed by atoms with E-state index >= 15 is 0 Å². The number of carbonyl (C=O) groups excluding carboxylic acids is 1. The maximum Gasteiger partial charge on any atom is 0.242 e. The fraction of sp³-hybridized carbons (Fsp3) is 0.0870. The number of hydrogen-bond acceptors (Lipinski definition) is 5. The Morgan fingerprint density at radius 3 is 2.23 bits per heavy atom. The Labute approximate surface area is 187 Å². The van der Waals surface area contributed by atoms with Gasteiger partial charge in [0.1, 0.15) is 5.82 Å². The molecular formula is C23H17FN4OS2. The van der Waals surface area contributed by atoms with E-state index in [9.17, 15) is 9.18 Å². The number of hydrogen-bond donors (Lipinski definition) is 0. The van der Waals surface area contributed by atoms with E-state index in [1.54, 1.807) is 46.5 Å². The molecule has 0 N–H and O–H groups in total. The van der Waals surface area contributed by atoms with Crippen LogP contribution in [0.5, 0.6) is 0 Å². The number of nitrogens with zero attached hydrogens (tertiary/aromatic N) is 4. The van der Waals surface area contributed by atoms with E-state index < -0.39 is 0 Å². The molecule has 0 saturated heterocycles. The summed E-state index contributed by atoms with van der Waals surface area (Å²) in [6, 6.07) is 22.2. The van der Waals surface area contributed by atoms with E-state index in [4.69, 9.17) is 0 Å². The number of rotatable bonds is 4. The van der Waals surface area contributed by atoms with Gasteiger partial charge in [-0.3, -0.25) is 9.69 Å². The highest BCUT2D eigenvalue weighted by Gasteiger charge is 2.28. The standard InChI is InChI=1S/C23H17FN4OS2/c1-27-22(15-8-2-3-9-16(15)24)25-26-23(27)30-14-21(29)28-17-10-4-6-12-19(17)31-20-13-7-5-11-18(20)28/h2-13H,14H2,1H3. The van der Waals surface area contributed by atoms with Crippen LogP contribution < -0.4 is 4.90 Å². The van der Waals surface area contributed by atoms with Gasteiger partial charge in [0.2, 0.25) is 5.91 Å². The summed E-state index contributed by atoms with van der Waals surface area (Å²) in [6.07, 6.45) is 0. The van der Waals surface area contributed by atoms with Crippen LogP contribution in [0.3, 0.4) is 0 Å². The summed E-state index contributed by atoms with van der Waals surface area (Å²) >= 11 is 2.95. The summed E-state index contributed by atoms with van der Waals surface area (Å²) in [5.41, 5.74) is 2.13. The normalized spacial score (nSPS) is 12.4. The summed E-state index contributed by atoms with van der Waals surface area (Å²) in [6.45, 7) is 0. The van der Waals surface area contributed by atoms with Crippen LogP contribution in [0.2, 0.25) is 0 Å². The Morgan fingerprint density at radius 2 is 1.55 bits per heavy atom. The van der Waals surface area contributed by atoms with E-state index in [0.29, 0.717) is 16.5 Å². The fourth-order valence-corrected chi connectivity index (χ4v) is 5.30. The Bertz CT molecular complexity index is 1240. The number of halogens is 1. The summed E-state index contributed by atoms with van der Waals surface area (Å²) in [5.74, 6) is 0.194. The van der Waals surface area contributed by atoms with Crippen molar-refractivity contribution < 1.29 is 9.18 Å². The highest BCUT2D eigenvalue weighted by atomic mass is 32.2. The van der Waals surface area contributed by atoms with Crippen molar-refractivity contribution in [3.63, 3.8) is 0 Å². The summed E-state index contributed by atoms with van der Waals surface area (Å²) < 4.78 is 15.9. The lowest BCUT2D eigenvalue weighted by molar-refractivity contribution is -0.115. The third-order valence-corrected chi connectivity index (χ3v) is 7.09. The topological polar surface area (TPSA) is 51.0 Å². The van der Waals surface area contributed by atoms with Gasteiger partial charge in [-0.15, -0.1) is 10.2 Å². The van der Waals surface area contributed by atoms with Crippen molar-refractivity contribution in [2.75, 3.05) is 10.7 Å². The third kappa shape index (κ3) is 3.62. The SMILES string of the molecule is Cn1c(SCC(=O)N2c3ccccc3Sc3ccccc32)nnc1-c1ccccc1F. The van der Waals surface area contributed by atoms with E-state index in [-0.39, 0.29) is 17.5 Å². The summed E-state index contributed by atoms with van der Waals surface area (Å²) in [7, 11) is 1.77. The number of para-hydroxylation sites is 2. The minimum Gasteiger partial charge on any atom is -0.305 e. The molecule has 0 atom stereocenters. The first-order valence-electron chi connectivity index (χ1n) is 9.59. The number of anilines is 2. The highest BCUT2D eigenvalue weighted by Crippen LogP contribution is 2.48. The van der Waals surface area contributed by atoms with Crippen molar-refractivity contribution in [2.24, 2.45) is 7.05 Å². The average Bonchev–Trinajstić information content (AvgIpc) is 3.16. The number of aromatic nitrogens is 3. The third-order valence-electron chi connectivity index (χ3n) is 4.96. The lowest BCUT2D eigenvalue weighted by Gasteiger charge is -2.30. The maximum atomic E-state index is 14.2. The smallest absolute Gasteiger partial charge is 0.242 e. The fourth-order valence-electron chi connectivity index (χ4n) is 3.48. The molecule has 1 aromatic heterocycles. The first-order valence-corrected chi connectivity index (χ1v) is 11.4. The van der Waals surface area contributed by atoms with Gasteiger partial charge in [0.05, 0.1) is 22.7 Å². The molecule has 0 unspecified atom stereocenters. The van der Waals surface area contributed by atoms with Gasteiger partial charge < -0.3 is 4.57 Å². The van der Waals surface area contributed by atoms with E-state index in [0.717, 1.165) is 21.2 Å². The molecule has 0 bridgehead atoms. The van der Waals surface area contributed by atoms with Crippen molar-refractivity contribution in [1.82, 2.24) is 14.8 Å². The van der Waals surface area contributed by atoms with Gasteiger partial charge in [-0.1, -0.05) is 59.9 Å². The monoisotopic (exact) mass is 448 g/mol. The van der Waals surface area contributed by atoms with Crippen molar-refractivity contribution in [2.45, 2.75) is 14.9 Å². The molecule has 0 radical (unpaired) electrons. The number of fused-ring (bicyclic) bond motifs is 2. The van der Waals surface area contributed by atoms with Crippen molar-refractivity contribution in [1.29, 1.82) is 0 Å². The van der Waals surface area contributed by atoms with Crippen molar-refractivity contribution in [3.8, 4) is 11.4 Å². The lowest BCUT2D eigenvalue weighted by Crippen LogP contribution is -2.30. The number of benzene rings is 3. The van der Waals surface area contributed by atoms with Gasteiger partial charge in [-0.2, -0.15) is 0 Å². The van der Waals surface area contributed by atoms with E-state index in [1.165, 1.54) is 17.8 Å². The van der Waals surface area contributed by atoms with Crippen LogP contribution in [0.1, 0.15) is 0 Å². The Kier molecular flexibility index (Phi) is 5.25. The average molecular weight is 449 g/mol. The van der Waals surface area contributed by atoms with Crippen LogP contribution in [0.25, 0.3) is 11.4 Å². The van der Waals surface area contributed by atoms with Crippen LogP contribution in [0, 0.1) is 5.82 Å². The van der Waals surface area contributed by atoms with Gasteiger partial charge in [-0.05, 0) is 36.4 Å². The molecule has 4 aromatic rings. The molecule has 31 heavy (non-hydrogen) atoms. The molecule has 1 aliphatic heterocycles. The highest BCUT2D eigenvalue weighted by molar-refractivity contribution is 8.00. The molecular weight excluding hydrogens is 431 g/mol. The number of carbonyl (C=O) groups is 1. The second-order valence-corrected chi connectivity index (χ2v) is 8.93. The van der Waals surface area contributed by atoms with Crippen molar-refractivity contribution >= 4 is 40.8 Å². The summed E-state index contributed by atoms with van der Waals surface area (Å²) in [4.78, 5) is 17.2. The predicted octanol–water partition coefficient (Wildman–Crippen LogP) is 5.54. The minimum absolute atomic E-state index is 0.0550. The van der Waals surface area contributed by atoms with Gasteiger partial charge in [0.15, 0.2) is 11.0 Å². The molecule has 1 aliphatic rings. The van der Waals surface area contributed by atoms with Crippen LogP contribution in [0.4, 0.5) is 15.8 Å². The first-order chi connectivity index (χ1) is 15.1. The van der Waals surface area contributed by atoms with Gasteiger partial charge >= 0.3 is 0 Å². The second kappa shape index (κ2) is 8.20. The number of amides is 1. The molecule has 8 heteroatoms. The molecule has 2 heterocycles. The minimum atomic E-state index is -0.357. The van der Waals surface area contributed by atoms with Gasteiger partial charge in [-0.25, -0.2) is 4.39 Å². The van der Waals surface area contributed by atoms with Crippen LogP contribution in [-0.4, -0.2) is 26.4 Å². The largest absolute Gasteiger partial charge is 0.305 e. The zero-order valence-electron chi connectivity index (χ0n) is 16.5. The molecule has 0 saturated carbocycles. The predicted molar refractivity (Wildman–Crippen MR) is 121 cm³/mol. The van der Waals surface area contributed by atoms with Gasteiger partial charge in [0.25, 0.3) is 0 Å². The zero-order valence-corrected chi connectivity index (χ0v) is 18.2. The molecule has 0 spiro atoms. The lowest BCUT2D eigenvalue weighted by atomic mass is 10.2. The second-order valence-electron chi connectivity index (χ2n) is 6.90. The van der Waals surface area contributed by atoms with Crippen LogP contribution >= 0.6 is 23.5 Å². The molecule has 3 aromatic carbocycles. The van der Waals surface area contributed by atoms with E-state index in [2.05, 4.69) is 10.2 Å². The molecule has 5 nitrogen and oxygen atoms in total. The Morgan fingerprint density at radius 1 is 0.935 bits per heavy atom. The molecule has 1 amide bonds. The molecule has 0 fully saturated rings. The summed E-state index contributed by atoms with van der Waals surface area (Å²) in [5, 5.41) is 8.86. The van der Waals surface area contributed by atoms with Crippen molar-refractivity contribution in [3.05, 3.63) is 78.6 Å². The molecule has 154 valence electrons. The van der Waals surface area contributed by atoms with E-state index in [1.807, 2.05) is 48.5 Å². The zero-order chi connectivity index (χ0) is 21.4. The van der Waals surface area contributed by atoms with Crippen LogP contribution in [-0.2, 0) is 11.8 Å². The Balaban J connectivity index is 1.41. The van der Waals surface area contributed by atoms with Gasteiger partial charge in [0, 0.05) is 16.8 Å². The first kappa shape index (κ1) is 19.8. The molecule has 0 aliphatic carbocycles. The quantitative estimate of drug-likeness (QED) is 0.384. The molecule has 5 rings (SSSR count). The van der Waals surface area contributed by atoms with Crippen LogP contribution in [0.15, 0.2) is 87.7 Å².